The highest BCUT2D eigenvalue weighted by atomic mass is 16.3. The molecule has 24 heavy (non-hydrogen) atoms. The van der Waals surface area contributed by atoms with Crippen LogP contribution in [0.4, 0.5) is 5.69 Å². The second-order valence-corrected chi connectivity index (χ2v) is 6.72. The van der Waals surface area contributed by atoms with E-state index in [1.54, 1.807) is 12.1 Å². The molecule has 6 nitrogen and oxygen atoms in total. The van der Waals surface area contributed by atoms with Gasteiger partial charge in [-0.3, -0.25) is 9.59 Å². The molecule has 0 saturated carbocycles. The number of carbonyl (C=O) groups excluding carboxylic acids is 2. The van der Waals surface area contributed by atoms with Crippen molar-refractivity contribution in [2.45, 2.75) is 38.1 Å². The van der Waals surface area contributed by atoms with Crippen molar-refractivity contribution in [1.82, 2.24) is 10.2 Å². The molecular weight excluding hydrogens is 306 g/mol. The second kappa shape index (κ2) is 7.66. The fraction of sp³-hybridized carbons (Fsp3) is 0.556. The Balaban J connectivity index is 1.50. The smallest absolute Gasteiger partial charge is 0.313 e. The summed E-state index contributed by atoms with van der Waals surface area (Å²) in [4.78, 5) is 26.5. The number of amides is 2. The monoisotopic (exact) mass is 331 g/mol. The van der Waals surface area contributed by atoms with Crippen LogP contribution in [-0.2, 0) is 9.59 Å². The molecule has 3 rings (SSSR count). The number of nitrogens with one attached hydrogen (secondary N) is 2. The molecule has 0 spiro atoms. The molecule has 2 saturated heterocycles. The summed E-state index contributed by atoms with van der Waals surface area (Å²) in [5.74, 6) is -0.840. The third kappa shape index (κ3) is 4.06. The summed E-state index contributed by atoms with van der Waals surface area (Å²) in [6.07, 6.45) is 5.98. The first-order chi connectivity index (χ1) is 11.6. The molecule has 3 N–H and O–H groups in total. The highest BCUT2D eigenvalue weighted by Crippen LogP contribution is 2.30. The van der Waals surface area contributed by atoms with Gasteiger partial charge in [0.1, 0.15) is 5.75 Å². The molecule has 2 amide bonds. The van der Waals surface area contributed by atoms with Crippen LogP contribution in [0.1, 0.15) is 32.1 Å². The minimum atomic E-state index is -0.697. The van der Waals surface area contributed by atoms with E-state index in [0.29, 0.717) is 24.2 Å². The molecule has 2 aliphatic heterocycles. The molecule has 6 heteroatoms. The molecule has 0 unspecified atom stereocenters. The normalized spacial score (nSPS) is 24.0. The van der Waals surface area contributed by atoms with Gasteiger partial charge in [-0.15, -0.1) is 0 Å². The van der Waals surface area contributed by atoms with Gasteiger partial charge >= 0.3 is 11.8 Å². The van der Waals surface area contributed by atoms with Crippen molar-refractivity contribution >= 4 is 17.5 Å². The Bertz CT molecular complexity index is 603. The van der Waals surface area contributed by atoms with E-state index in [9.17, 15) is 14.7 Å². The molecule has 1 aromatic carbocycles. The molecule has 130 valence electrons. The van der Waals surface area contributed by atoms with Gasteiger partial charge in [-0.1, -0.05) is 12.5 Å². The fourth-order valence-corrected chi connectivity index (χ4v) is 3.89. The molecule has 1 aromatic rings. The summed E-state index contributed by atoms with van der Waals surface area (Å²) < 4.78 is 0. The Morgan fingerprint density at radius 2 is 1.96 bits per heavy atom. The topological polar surface area (TPSA) is 81.7 Å². The third-order valence-corrected chi connectivity index (χ3v) is 5.06. The number of hydrogen-bond acceptors (Lipinski definition) is 4. The lowest BCUT2D eigenvalue weighted by molar-refractivity contribution is -0.136. The maximum Gasteiger partial charge on any atom is 0.313 e. The van der Waals surface area contributed by atoms with Crippen molar-refractivity contribution in [3.63, 3.8) is 0 Å². The largest absolute Gasteiger partial charge is 0.508 e. The standard InChI is InChI=1S/C18H25N3O3/c22-15-7-3-6-14(11-15)20-18(24)17(23)19-12-13-5-4-10-21-9-2-1-8-16(13)21/h3,6-7,11,13,16,22H,1-2,4-5,8-10,12H2,(H,19,23)(H,20,24)/t13-,16+/m1/s1. The summed E-state index contributed by atoms with van der Waals surface area (Å²) in [5.41, 5.74) is 0.409. The van der Waals surface area contributed by atoms with Gasteiger partial charge in [0.25, 0.3) is 0 Å². The number of phenols is 1. The Morgan fingerprint density at radius 3 is 2.79 bits per heavy atom. The van der Waals surface area contributed by atoms with Gasteiger partial charge in [-0.25, -0.2) is 0 Å². The maximum absolute atomic E-state index is 12.0. The number of phenolic OH excluding ortho intramolecular Hbond substituents is 1. The SMILES string of the molecule is O=C(NC[C@H]1CCCN2CCCC[C@@H]12)C(=O)Nc1cccc(O)c1. The maximum atomic E-state index is 12.0. The highest BCUT2D eigenvalue weighted by molar-refractivity contribution is 6.39. The van der Waals surface area contributed by atoms with Crippen LogP contribution >= 0.6 is 0 Å². The van der Waals surface area contributed by atoms with Crippen LogP contribution in [-0.4, -0.2) is 47.5 Å². The van der Waals surface area contributed by atoms with Crippen molar-refractivity contribution in [2.24, 2.45) is 5.92 Å². The lowest BCUT2D eigenvalue weighted by atomic mass is 9.83. The summed E-state index contributed by atoms with van der Waals surface area (Å²) in [6.45, 7) is 2.87. The molecule has 0 bridgehead atoms. The minimum absolute atomic E-state index is 0.0489. The first-order valence-electron chi connectivity index (χ1n) is 8.76. The average molecular weight is 331 g/mol. The molecule has 2 atom stereocenters. The highest BCUT2D eigenvalue weighted by Gasteiger charge is 2.33. The summed E-state index contributed by atoms with van der Waals surface area (Å²) in [7, 11) is 0. The first-order valence-corrected chi connectivity index (χ1v) is 8.76. The number of anilines is 1. The Morgan fingerprint density at radius 1 is 1.12 bits per heavy atom. The van der Waals surface area contributed by atoms with Crippen LogP contribution in [0, 0.1) is 5.92 Å². The predicted octanol–water partition coefficient (Wildman–Crippen LogP) is 1.71. The van der Waals surface area contributed by atoms with E-state index in [2.05, 4.69) is 15.5 Å². The molecule has 2 aliphatic rings. The van der Waals surface area contributed by atoms with Crippen LogP contribution in [0.25, 0.3) is 0 Å². The number of aromatic hydroxyl groups is 1. The zero-order valence-electron chi connectivity index (χ0n) is 13.8. The minimum Gasteiger partial charge on any atom is -0.508 e. The second-order valence-electron chi connectivity index (χ2n) is 6.72. The molecular formula is C18H25N3O3. The zero-order chi connectivity index (χ0) is 16.9. The molecule has 0 aliphatic carbocycles. The number of piperidine rings is 2. The number of fused-ring (bicyclic) bond motifs is 1. The Kier molecular flexibility index (Phi) is 5.35. The van der Waals surface area contributed by atoms with Crippen LogP contribution in [0.15, 0.2) is 24.3 Å². The van der Waals surface area contributed by atoms with Crippen LogP contribution in [0.3, 0.4) is 0 Å². The zero-order valence-corrected chi connectivity index (χ0v) is 13.8. The van der Waals surface area contributed by atoms with Crippen molar-refractivity contribution in [2.75, 3.05) is 25.0 Å². The van der Waals surface area contributed by atoms with Gasteiger partial charge in [0.05, 0.1) is 0 Å². The number of hydrogen-bond donors (Lipinski definition) is 3. The van der Waals surface area contributed by atoms with E-state index in [1.807, 2.05) is 0 Å². The number of carbonyl (C=O) groups is 2. The molecule has 0 aromatic heterocycles. The van der Waals surface area contributed by atoms with E-state index in [-0.39, 0.29) is 5.75 Å². The van der Waals surface area contributed by atoms with E-state index in [4.69, 9.17) is 0 Å². The summed E-state index contributed by atoms with van der Waals surface area (Å²) in [5, 5.41) is 14.7. The van der Waals surface area contributed by atoms with Crippen molar-refractivity contribution in [3.05, 3.63) is 24.3 Å². The molecule has 2 fully saturated rings. The average Bonchev–Trinajstić information content (AvgIpc) is 2.59. The van der Waals surface area contributed by atoms with Gasteiger partial charge in [-0.2, -0.15) is 0 Å². The van der Waals surface area contributed by atoms with Crippen LogP contribution in [0.5, 0.6) is 5.75 Å². The quantitative estimate of drug-likeness (QED) is 0.737. The Labute approximate surface area is 142 Å². The van der Waals surface area contributed by atoms with Gasteiger partial charge in [0.15, 0.2) is 0 Å². The third-order valence-electron chi connectivity index (χ3n) is 5.06. The Hall–Kier alpha value is -2.08. The van der Waals surface area contributed by atoms with Crippen molar-refractivity contribution < 1.29 is 14.7 Å². The van der Waals surface area contributed by atoms with Gasteiger partial charge < -0.3 is 20.6 Å². The lowest BCUT2D eigenvalue weighted by Gasteiger charge is -2.44. The number of rotatable bonds is 3. The fourth-order valence-electron chi connectivity index (χ4n) is 3.89. The number of nitrogens with zero attached hydrogens (tertiary/aromatic N) is 1. The van der Waals surface area contributed by atoms with Gasteiger partial charge in [0.2, 0.25) is 0 Å². The molecule has 0 radical (unpaired) electrons. The van der Waals surface area contributed by atoms with Crippen molar-refractivity contribution in [1.29, 1.82) is 0 Å². The first kappa shape index (κ1) is 16.8. The van der Waals surface area contributed by atoms with E-state index in [1.165, 1.54) is 31.4 Å². The van der Waals surface area contributed by atoms with E-state index < -0.39 is 11.8 Å². The van der Waals surface area contributed by atoms with Gasteiger partial charge in [-0.05, 0) is 56.8 Å². The predicted molar refractivity (Wildman–Crippen MR) is 91.7 cm³/mol. The van der Waals surface area contributed by atoms with Crippen LogP contribution < -0.4 is 10.6 Å². The van der Waals surface area contributed by atoms with E-state index >= 15 is 0 Å². The summed E-state index contributed by atoms with van der Waals surface area (Å²) in [6, 6.07) is 6.71. The van der Waals surface area contributed by atoms with Gasteiger partial charge in [0, 0.05) is 24.3 Å². The molecule has 2 heterocycles. The van der Waals surface area contributed by atoms with E-state index in [0.717, 1.165) is 25.9 Å². The van der Waals surface area contributed by atoms with Crippen LogP contribution in [0.2, 0.25) is 0 Å². The van der Waals surface area contributed by atoms with Crippen molar-refractivity contribution in [3.8, 4) is 5.75 Å². The lowest BCUT2D eigenvalue weighted by Crippen LogP contribution is -2.51. The summed E-state index contributed by atoms with van der Waals surface area (Å²) >= 11 is 0. The number of benzene rings is 1.